The van der Waals surface area contributed by atoms with Gasteiger partial charge < -0.3 is 14.8 Å². The molecule has 3 rings (SSSR count). The quantitative estimate of drug-likeness (QED) is 0.559. The van der Waals surface area contributed by atoms with Crippen molar-refractivity contribution in [3.8, 4) is 28.8 Å². The molecule has 7 heteroatoms. The molecule has 0 saturated heterocycles. The van der Waals surface area contributed by atoms with Crippen molar-refractivity contribution in [3.05, 3.63) is 64.1 Å². The number of nitrogens with zero attached hydrogens (tertiary/aromatic N) is 2. The van der Waals surface area contributed by atoms with Gasteiger partial charge in [-0.15, -0.1) is 11.3 Å². The first-order valence-corrected chi connectivity index (χ1v) is 9.21. The van der Waals surface area contributed by atoms with Crippen LogP contribution in [0.15, 0.2) is 54.0 Å². The maximum Gasteiger partial charge on any atom is 0.144 e. The fourth-order valence-corrected chi connectivity index (χ4v) is 3.43. The molecule has 1 aromatic heterocycles. The molecule has 0 aliphatic heterocycles. The van der Waals surface area contributed by atoms with Crippen LogP contribution in [0.3, 0.4) is 0 Å². The van der Waals surface area contributed by atoms with Gasteiger partial charge in [-0.25, -0.2) is 4.98 Å². The van der Waals surface area contributed by atoms with Gasteiger partial charge in [0.1, 0.15) is 28.1 Å². The number of halogens is 1. The Labute approximate surface area is 166 Å². The number of aromatic nitrogens is 1. The molecule has 2 aromatic carbocycles. The number of nitrogens with one attached hydrogen (secondary N) is 1. The van der Waals surface area contributed by atoms with E-state index in [9.17, 15) is 5.26 Å². The number of hydrogen-bond acceptors (Lipinski definition) is 6. The van der Waals surface area contributed by atoms with Crippen molar-refractivity contribution in [1.82, 2.24) is 4.98 Å². The topological polar surface area (TPSA) is 67.2 Å². The largest absolute Gasteiger partial charge is 0.495 e. The first-order valence-electron chi connectivity index (χ1n) is 7.96. The Morgan fingerprint density at radius 1 is 1.19 bits per heavy atom. The number of hydrogen-bond donors (Lipinski definition) is 1. The molecule has 1 heterocycles. The third-order valence-electron chi connectivity index (χ3n) is 3.77. The average Bonchev–Trinajstić information content (AvgIpc) is 3.19. The molecule has 3 aromatic rings. The van der Waals surface area contributed by atoms with Crippen LogP contribution in [0.5, 0.6) is 11.5 Å². The second kappa shape index (κ2) is 8.58. The van der Waals surface area contributed by atoms with Crippen LogP contribution in [0.25, 0.3) is 16.8 Å². The Balaban J connectivity index is 1.88. The van der Waals surface area contributed by atoms with E-state index in [-0.39, 0.29) is 0 Å². The van der Waals surface area contributed by atoms with E-state index in [4.69, 9.17) is 21.1 Å². The van der Waals surface area contributed by atoms with Crippen LogP contribution >= 0.6 is 22.9 Å². The van der Waals surface area contributed by atoms with Crippen LogP contribution in [-0.4, -0.2) is 19.2 Å². The summed E-state index contributed by atoms with van der Waals surface area (Å²) in [6.45, 7) is 0. The van der Waals surface area contributed by atoms with Crippen molar-refractivity contribution < 1.29 is 9.47 Å². The molecule has 0 amide bonds. The predicted molar refractivity (Wildman–Crippen MR) is 109 cm³/mol. The minimum Gasteiger partial charge on any atom is -0.495 e. The number of nitriles is 1. The van der Waals surface area contributed by atoms with Crippen LogP contribution < -0.4 is 14.8 Å². The molecule has 0 spiro atoms. The molecule has 0 unspecified atom stereocenters. The van der Waals surface area contributed by atoms with Gasteiger partial charge in [0.25, 0.3) is 0 Å². The average molecular weight is 398 g/mol. The van der Waals surface area contributed by atoms with Crippen molar-refractivity contribution in [2.75, 3.05) is 19.5 Å². The van der Waals surface area contributed by atoms with Crippen molar-refractivity contribution in [2.45, 2.75) is 0 Å². The minimum atomic E-state index is 0.415. The van der Waals surface area contributed by atoms with Gasteiger partial charge in [0.05, 0.1) is 30.6 Å². The number of allylic oxidation sites excluding steroid dienone is 1. The SMILES string of the molecule is COc1cc(N/C=C(\C#N)c2nc(-c3ccccc3)cs2)c(OC)cc1Cl. The summed E-state index contributed by atoms with van der Waals surface area (Å²) in [6, 6.07) is 15.4. The molecule has 0 saturated carbocycles. The lowest BCUT2D eigenvalue weighted by atomic mass is 10.2. The lowest BCUT2D eigenvalue weighted by Crippen LogP contribution is -1.96. The highest BCUT2D eigenvalue weighted by molar-refractivity contribution is 7.11. The summed E-state index contributed by atoms with van der Waals surface area (Å²) in [4.78, 5) is 4.57. The number of ether oxygens (including phenoxy) is 2. The van der Waals surface area contributed by atoms with Gasteiger partial charge in [-0.2, -0.15) is 5.26 Å². The van der Waals surface area contributed by atoms with E-state index in [1.54, 1.807) is 25.4 Å². The van der Waals surface area contributed by atoms with Gasteiger partial charge in [0.15, 0.2) is 0 Å². The van der Waals surface area contributed by atoms with Gasteiger partial charge in [0, 0.05) is 29.3 Å². The van der Waals surface area contributed by atoms with Gasteiger partial charge in [-0.1, -0.05) is 41.9 Å². The highest BCUT2D eigenvalue weighted by Crippen LogP contribution is 2.36. The second-order valence-electron chi connectivity index (χ2n) is 5.41. The molecule has 1 N–H and O–H groups in total. The molecule has 0 radical (unpaired) electrons. The normalized spacial score (nSPS) is 11.0. The Kier molecular flexibility index (Phi) is 5.97. The summed E-state index contributed by atoms with van der Waals surface area (Å²) >= 11 is 7.53. The highest BCUT2D eigenvalue weighted by atomic mass is 35.5. The molecule has 27 heavy (non-hydrogen) atoms. The smallest absolute Gasteiger partial charge is 0.144 e. The zero-order valence-corrected chi connectivity index (χ0v) is 16.3. The van der Waals surface area contributed by atoms with Crippen LogP contribution in [-0.2, 0) is 0 Å². The number of benzene rings is 2. The summed E-state index contributed by atoms with van der Waals surface area (Å²) in [5.74, 6) is 1.05. The third-order valence-corrected chi connectivity index (χ3v) is 4.94. The third kappa shape index (κ3) is 4.22. The minimum absolute atomic E-state index is 0.415. The molecule has 5 nitrogen and oxygen atoms in total. The summed E-state index contributed by atoms with van der Waals surface area (Å²) in [7, 11) is 3.08. The van der Waals surface area contributed by atoms with E-state index < -0.39 is 0 Å². The number of thiazole rings is 1. The maximum atomic E-state index is 9.54. The molecular weight excluding hydrogens is 382 g/mol. The highest BCUT2D eigenvalue weighted by Gasteiger charge is 2.12. The fraction of sp³-hybridized carbons (Fsp3) is 0.100. The lowest BCUT2D eigenvalue weighted by Gasteiger charge is -2.12. The molecule has 0 aliphatic carbocycles. The van der Waals surface area contributed by atoms with Crippen molar-refractivity contribution in [1.29, 1.82) is 5.26 Å². The molecular formula is C20H16ClN3O2S. The molecule has 0 aliphatic rings. The predicted octanol–water partition coefficient (Wildman–Crippen LogP) is 5.46. The standard InChI is InChI=1S/C20H16ClN3O2S/c1-25-18-9-16(19(26-2)8-15(18)21)23-11-14(10-22)20-24-17(12-27-20)13-6-4-3-5-7-13/h3-9,11-12,23H,1-2H3/b14-11+. The Morgan fingerprint density at radius 3 is 2.59 bits per heavy atom. The molecule has 0 fully saturated rings. The lowest BCUT2D eigenvalue weighted by molar-refractivity contribution is 0.405. The van der Waals surface area contributed by atoms with Crippen LogP contribution in [0.4, 0.5) is 5.69 Å². The Hall–Kier alpha value is -3.01. The fourth-order valence-electron chi connectivity index (χ4n) is 2.40. The van der Waals surface area contributed by atoms with Crippen molar-refractivity contribution in [2.24, 2.45) is 0 Å². The van der Waals surface area contributed by atoms with E-state index in [0.29, 0.717) is 32.8 Å². The van der Waals surface area contributed by atoms with Crippen LogP contribution in [0.2, 0.25) is 5.02 Å². The molecule has 0 bridgehead atoms. The maximum absolute atomic E-state index is 9.54. The first kappa shape index (κ1) is 18.8. The van der Waals surface area contributed by atoms with Gasteiger partial charge in [-0.05, 0) is 0 Å². The zero-order chi connectivity index (χ0) is 19.2. The van der Waals surface area contributed by atoms with Crippen molar-refractivity contribution in [3.63, 3.8) is 0 Å². The molecule has 0 atom stereocenters. The number of rotatable bonds is 6. The van der Waals surface area contributed by atoms with Gasteiger partial charge in [0.2, 0.25) is 0 Å². The van der Waals surface area contributed by atoms with E-state index in [0.717, 1.165) is 11.3 Å². The van der Waals surface area contributed by atoms with E-state index in [1.807, 2.05) is 35.7 Å². The number of methoxy groups -OCH3 is 2. The van der Waals surface area contributed by atoms with Crippen molar-refractivity contribution >= 4 is 34.2 Å². The van der Waals surface area contributed by atoms with Crippen LogP contribution in [0.1, 0.15) is 5.01 Å². The summed E-state index contributed by atoms with van der Waals surface area (Å²) in [5.41, 5.74) is 2.89. The van der Waals surface area contributed by atoms with Gasteiger partial charge >= 0.3 is 0 Å². The van der Waals surface area contributed by atoms with E-state index in [2.05, 4.69) is 16.4 Å². The second-order valence-corrected chi connectivity index (χ2v) is 6.67. The van der Waals surface area contributed by atoms with Gasteiger partial charge in [-0.3, -0.25) is 0 Å². The Bertz CT molecular complexity index is 1010. The monoisotopic (exact) mass is 397 g/mol. The zero-order valence-electron chi connectivity index (χ0n) is 14.7. The summed E-state index contributed by atoms with van der Waals surface area (Å²) in [5, 5.41) is 15.6. The Morgan fingerprint density at radius 2 is 1.93 bits per heavy atom. The van der Waals surface area contributed by atoms with E-state index in [1.165, 1.54) is 18.4 Å². The molecule has 136 valence electrons. The number of anilines is 1. The van der Waals surface area contributed by atoms with E-state index >= 15 is 0 Å². The van der Waals surface area contributed by atoms with Crippen LogP contribution in [0, 0.1) is 11.3 Å². The first-order chi connectivity index (χ1) is 13.2. The summed E-state index contributed by atoms with van der Waals surface area (Å²) in [6.07, 6.45) is 1.60. The summed E-state index contributed by atoms with van der Waals surface area (Å²) < 4.78 is 10.6.